The van der Waals surface area contributed by atoms with Crippen LogP contribution < -0.4 is 14.8 Å². The van der Waals surface area contributed by atoms with Crippen molar-refractivity contribution in [1.82, 2.24) is 14.9 Å². The van der Waals surface area contributed by atoms with Crippen LogP contribution >= 0.6 is 0 Å². The molecule has 0 radical (unpaired) electrons. The maximum absolute atomic E-state index is 12.8. The first-order chi connectivity index (χ1) is 13.7. The Labute approximate surface area is 163 Å². The molecule has 0 aliphatic carbocycles. The molecule has 0 saturated carbocycles. The summed E-state index contributed by atoms with van der Waals surface area (Å²) in [6, 6.07) is 13.5. The van der Waals surface area contributed by atoms with Gasteiger partial charge < -0.3 is 24.7 Å². The third kappa shape index (κ3) is 3.60. The van der Waals surface area contributed by atoms with Crippen LogP contribution in [-0.4, -0.2) is 54.1 Å². The van der Waals surface area contributed by atoms with Gasteiger partial charge in [0.1, 0.15) is 0 Å². The topological polar surface area (TPSA) is 79.5 Å². The number of piperidine rings is 1. The fraction of sp³-hybridized carbons (Fsp3) is 0.333. The monoisotopic (exact) mass is 380 g/mol. The van der Waals surface area contributed by atoms with Gasteiger partial charge >= 0.3 is 0 Å². The fourth-order valence-electron chi connectivity index (χ4n) is 3.59. The molecule has 7 heteroatoms. The average molecular weight is 380 g/mol. The first kappa shape index (κ1) is 18.2. The molecule has 1 aliphatic rings. The number of imidazole rings is 1. The van der Waals surface area contributed by atoms with E-state index < -0.39 is 0 Å². The molecule has 146 valence electrons. The zero-order valence-corrected chi connectivity index (χ0v) is 16.1. The van der Waals surface area contributed by atoms with Gasteiger partial charge in [-0.05, 0) is 43.2 Å². The van der Waals surface area contributed by atoms with Crippen molar-refractivity contribution in [2.24, 2.45) is 0 Å². The summed E-state index contributed by atoms with van der Waals surface area (Å²) in [5.74, 6) is 1.98. The van der Waals surface area contributed by atoms with Crippen LogP contribution in [0.2, 0.25) is 0 Å². The van der Waals surface area contributed by atoms with E-state index in [1.165, 1.54) is 0 Å². The molecular weight excluding hydrogens is 356 g/mol. The van der Waals surface area contributed by atoms with Gasteiger partial charge in [-0.25, -0.2) is 4.98 Å². The SMILES string of the molecule is COc1ccc(C(=O)N2CCC(Nc3nc4ccccc4[nH]3)CC2)cc1OC. The van der Waals surface area contributed by atoms with Crippen molar-refractivity contribution in [3.63, 3.8) is 0 Å². The lowest BCUT2D eigenvalue weighted by molar-refractivity contribution is 0.0718. The van der Waals surface area contributed by atoms with E-state index >= 15 is 0 Å². The third-order valence-corrected chi connectivity index (χ3v) is 5.14. The lowest BCUT2D eigenvalue weighted by Gasteiger charge is -2.32. The number of amides is 1. The predicted octanol–water partition coefficient (Wildman–Crippen LogP) is 3.30. The molecule has 1 amide bonds. The maximum Gasteiger partial charge on any atom is 0.253 e. The van der Waals surface area contributed by atoms with E-state index in [1.807, 2.05) is 29.2 Å². The molecule has 0 unspecified atom stereocenters. The number of aromatic nitrogens is 2. The normalized spacial score (nSPS) is 14.9. The predicted molar refractivity (Wildman–Crippen MR) is 108 cm³/mol. The van der Waals surface area contributed by atoms with E-state index in [4.69, 9.17) is 9.47 Å². The molecule has 4 rings (SSSR count). The molecule has 1 fully saturated rings. The van der Waals surface area contributed by atoms with Gasteiger partial charge in [0.15, 0.2) is 11.5 Å². The summed E-state index contributed by atoms with van der Waals surface area (Å²) in [7, 11) is 3.15. The van der Waals surface area contributed by atoms with Crippen LogP contribution in [0.15, 0.2) is 42.5 Å². The van der Waals surface area contributed by atoms with Gasteiger partial charge in [0.25, 0.3) is 5.91 Å². The number of rotatable bonds is 5. The molecule has 2 N–H and O–H groups in total. The lowest BCUT2D eigenvalue weighted by Crippen LogP contribution is -2.42. The number of hydrogen-bond acceptors (Lipinski definition) is 5. The third-order valence-electron chi connectivity index (χ3n) is 5.14. The first-order valence-corrected chi connectivity index (χ1v) is 9.40. The minimum Gasteiger partial charge on any atom is -0.493 e. The Hall–Kier alpha value is -3.22. The van der Waals surface area contributed by atoms with Crippen molar-refractivity contribution in [3.8, 4) is 11.5 Å². The number of aromatic amines is 1. The van der Waals surface area contributed by atoms with Gasteiger partial charge in [0.05, 0.1) is 25.3 Å². The van der Waals surface area contributed by atoms with Crippen molar-refractivity contribution in [2.75, 3.05) is 32.6 Å². The van der Waals surface area contributed by atoms with Gasteiger partial charge in [-0.3, -0.25) is 4.79 Å². The largest absolute Gasteiger partial charge is 0.493 e. The Morgan fingerprint density at radius 2 is 1.86 bits per heavy atom. The molecule has 2 heterocycles. The molecule has 0 spiro atoms. The van der Waals surface area contributed by atoms with Crippen LogP contribution in [0.3, 0.4) is 0 Å². The van der Waals surface area contributed by atoms with Gasteiger partial charge in [-0.2, -0.15) is 0 Å². The molecule has 1 aliphatic heterocycles. The number of likely N-dealkylation sites (tertiary alicyclic amines) is 1. The molecule has 0 bridgehead atoms. The van der Waals surface area contributed by atoms with Gasteiger partial charge in [0, 0.05) is 24.7 Å². The van der Waals surface area contributed by atoms with E-state index in [-0.39, 0.29) is 11.9 Å². The van der Waals surface area contributed by atoms with Crippen LogP contribution in [0.4, 0.5) is 5.95 Å². The lowest BCUT2D eigenvalue weighted by atomic mass is 10.0. The Bertz CT molecular complexity index is 944. The highest BCUT2D eigenvalue weighted by Gasteiger charge is 2.25. The Morgan fingerprint density at radius 1 is 1.11 bits per heavy atom. The summed E-state index contributed by atoms with van der Waals surface area (Å²) >= 11 is 0. The van der Waals surface area contributed by atoms with E-state index in [1.54, 1.807) is 32.4 Å². The van der Waals surface area contributed by atoms with Crippen molar-refractivity contribution >= 4 is 22.9 Å². The number of carbonyl (C=O) groups is 1. The van der Waals surface area contributed by atoms with Crippen LogP contribution in [-0.2, 0) is 0 Å². The van der Waals surface area contributed by atoms with E-state index in [0.717, 1.165) is 29.8 Å². The second-order valence-electron chi connectivity index (χ2n) is 6.88. The van der Waals surface area contributed by atoms with Crippen molar-refractivity contribution < 1.29 is 14.3 Å². The van der Waals surface area contributed by atoms with E-state index in [9.17, 15) is 4.79 Å². The van der Waals surface area contributed by atoms with Crippen LogP contribution in [0, 0.1) is 0 Å². The highest BCUT2D eigenvalue weighted by Crippen LogP contribution is 2.28. The summed E-state index contributed by atoms with van der Waals surface area (Å²) in [5.41, 5.74) is 2.58. The number of ether oxygens (including phenoxy) is 2. The highest BCUT2D eigenvalue weighted by molar-refractivity contribution is 5.95. The second-order valence-corrected chi connectivity index (χ2v) is 6.88. The quantitative estimate of drug-likeness (QED) is 0.710. The molecule has 28 heavy (non-hydrogen) atoms. The number of anilines is 1. The summed E-state index contributed by atoms with van der Waals surface area (Å²) in [6.07, 6.45) is 1.74. The van der Waals surface area contributed by atoms with Crippen LogP contribution in [0.5, 0.6) is 11.5 Å². The van der Waals surface area contributed by atoms with Crippen molar-refractivity contribution in [3.05, 3.63) is 48.0 Å². The summed E-state index contributed by atoms with van der Waals surface area (Å²) in [6.45, 7) is 1.40. The number of H-pyrrole nitrogens is 1. The first-order valence-electron chi connectivity index (χ1n) is 9.40. The van der Waals surface area contributed by atoms with Crippen LogP contribution in [0.1, 0.15) is 23.2 Å². The zero-order valence-electron chi connectivity index (χ0n) is 16.1. The van der Waals surface area contributed by atoms with E-state index in [2.05, 4.69) is 15.3 Å². The van der Waals surface area contributed by atoms with Crippen LogP contribution in [0.25, 0.3) is 11.0 Å². The Morgan fingerprint density at radius 3 is 2.57 bits per heavy atom. The number of fused-ring (bicyclic) bond motifs is 1. The average Bonchev–Trinajstić information content (AvgIpc) is 3.15. The minimum absolute atomic E-state index is 0.0168. The molecule has 1 saturated heterocycles. The van der Waals surface area contributed by atoms with Gasteiger partial charge in [-0.1, -0.05) is 12.1 Å². The molecule has 0 atom stereocenters. The summed E-state index contributed by atoms with van der Waals surface area (Å²) < 4.78 is 10.5. The zero-order chi connectivity index (χ0) is 19.5. The molecule has 1 aromatic heterocycles. The number of para-hydroxylation sites is 2. The smallest absolute Gasteiger partial charge is 0.253 e. The molecule has 3 aromatic rings. The number of benzene rings is 2. The summed E-state index contributed by atoms with van der Waals surface area (Å²) in [4.78, 5) is 22.6. The minimum atomic E-state index is 0.0168. The number of hydrogen-bond donors (Lipinski definition) is 2. The molecule has 2 aromatic carbocycles. The standard InChI is InChI=1S/C21H24N4O3/c1-27-18-8-7-14(13-19(18)28-2)20(26)25-11-9-15(10-12-25)22-21-23-16-5-3-4-6-17(16)24-21/h3-8,13,15H,9-12H2,1-2H3,(H2,22,23,24). The Kier molecular flexibility index (Phi) is 5.06. The second kappa shape index (κ2) is 7.80. The van der Waals surface area contributed by atoms with Gasteiger partial charge in [0.2, 0.25) is 5.95 Å². The number of nitrogens with one attached hydrogen (secondary N) is 2. The van der Waals surface area contributed by atoms with Crippen molar-refractivity contribution in [2.45, 2.75) is 18.9 Å². The Balaban J connectivity index is 1.37. The number of methoxy groups -OCH3 is 2. The fourth-order valence-corrected chi connectivity index (χ4v) is 3.59. The number of nitrogens with zero attached hydrogens (tertiary/aromatic N) is 2. The maximum atomic E-state index is 12.8. The molecule has 7 nitrogen and oxygen atoms in total. The van der Waals surface area contributed by atoms with Crippen molar-refractivity contribution in [1.29, 1.82) is 0 Å². The molecular formula is C21H24N4O3. The van der Waals surface area contributed by atoms with Gasteiger partial charge in [-0.15, -0.1) is 0 Å². The highest BCUT2D eigenvalue weighted by atomic mass is 16.5. The number of carbonyl (C=O) groups excluding carboxylic acids is 1. The summed E-state index contributed by atoms with van der Waals surface area (Å²) in [5, 5.41) is 3.46. The van der Waals surface area contributed by atoms with E-state index in [0.29, 0.717) is 30.2 Å².